The molecule has 0 aromatic carbocycles. The third kappa shape index (κ3) is 5.80. The molecule has 1 rings (SSSR count). The van der Waals surface area contributed by atoms with E-state index in [2.05, 4.69) is 37.9 Å². The summed E-state index contributed by atoms with van der Waals surface area (Å²) >= 11 is 0. The molecule has 0 spiro atoms. The van der Waals surface area contributed by atoms with Crippen LogP contribution in [0.15, 0.2) is 0 Å². The van der Waals surface area contributed by atoms with Gasteiger partial charge in [0.1, 0.15) is 0 Å². The van der Waals surface area contributed by atoms with Crippen molar-refractivity contribution in [3.8, 4) is 0 Å². The van der Waals surface area contributed by atoms with E-state index in [1.165, 1.54) is 12.8 Å². The number of piperidine rings is 1. The van der Waals surface area contributed by atoms with Crippen molar-refractivity contribution in [3.63, 3.8) is 0 Å². The minimum absolute atomic E-state index is 0.147. The maximum Gasteiger partial charge on any atom is 0.234 e. The molecule has 1 fully saturated rings. The predicted octanol–water partition coefficient (Wildman–Crippen LogP) is 1.99. The quantitative estimate of drug-likeness (QED) is 0.751. The van der Waals surface area contributed by atoms with Gasteiger partial charge in [-0.1, -0.05) is 20.8 Å². The summed E-state index contributed by atoms with van der Waals surface area (Å²) in [7, 11) is 0. The van der Waals surface area contributed by atoms with Gasteiger partial charge in [0.05, 0.1) is 6.54 Å². The number of amides is 1. The van der Waals surface area contributed by atoms with Gasteiger partial charge in [-0.2, -0.15) is 0 Å². The van der Waals surface area contributed by atoms with Crippen LogP contribution in [0.5, 0.6) is 0 Å². The summed E-state index contributed by atoms with van der Waals surface area (Å²) in [5.41, 5.74) is 5.87. The van der Waals surface area contributed by atoms with Gasteiger partial charge in [0, 0.05) is 18.6 Å². The van der Waals surface area contributed by atoms with E-state index < -0.39 is 0 Å². The Balaban J connectivity index is 2.36. The van der Waals surface area contributed by atoms with E-state index in [0.29, 0.717) is 31.0 Å². The van der Waals surface area contributed by atoms with Gasteiger partial charge in [0.15, 0.2) is 0 Å². The van der Waals surface area contributed by atoms with Crippen molar-refractivity contribution in [1.29, 1.82) is 0 Å². The number of nitrogens with one attached hydrogen (secondary N) is 1. The van der Waals surface area contributed by atoms with Crippen molar-refractivity contribution in [2.24, 2.45) is 17.6 Å². The fourth-order valence-electron chi connectivity index (χ4n) is 3.07. The van der Waals surface area contributed by atoms with E-state index in [-0.39, 0.29) is 11.9 Å². The molecule has 4 nitrogen and oxygen atoms in total. The maximum atomic E-state index is 12.1. The summed E-state index contributed by atoms with van der Waals surface area (Å²) in [6.45, 7) is 10.9. The molecule has 4 heteroatoms. The van der Waals surface area contributed by atoms with Crippen molar-refractivity contribution < 1.29 is 4.79 Å². The Kier molecular flexibility index (Phi) is 7.52. The molecule has 0 aromatic heterocycles. The number of likely N-dealkylation sites (tertiary alicyclic amines) is 1. The second-order valence-corrected chi connectivity index (χ2v) is 6.83. The molecule has 3 atom stereocenters. The number of carbonyl (C=O) groups excluding carboxylic acids is 1. The van der Waals surface area contributed by atoms with Crippen LogP contribution in [-0.2, 0) is 4.79 Å². The average molecular weight is 283 g/mol. The van der Waals surface area contributed by atoms with E-state index >= 15 is 0 Å². The Morgan fingerprint density at radius 3 is 2.65 bits per heavy atom. The summed E-state index contributed by atoms with van der Waals surface area (Å²) in [6.07, 6.45) is 4.62. The molecule has 1 aliphatic heterocycles. The Labute approximate surface area is 124 Å². The van der Waals surface area contributed by atoms with Crippen LogP contribution < -0.4 is 11.1 Å². The summed E-state index contributed by atoms with van der Waals surface area (Å²) in [4.78, 5) is 14.4. The predicted molar refractivity (Wildman–Crippen MR) is 84.5 cm³/mol. The van der Waals surface area contributed by atoms with Crippen LogP contribution in [0.3, 0.4) is 0 Å². The molecule has 118 valence electrons. The van der Waals surface area contributed by atoms with Crippen molar-refractivity contribution in [1.82, 2.24) is 10.2 Å². The zero-order chi connectivity index (χ0) is 15.1. The van der Waals surface area contributed by atoms with E-state index in [1.54, 1.807) is 0 Å². The highest BCUT2D eigenvalue weighted by Gasteiger charge is 2.28. The van der Waals surface area contributed by atoms with Crippen LogP contribution in [0, 0.1) is 11.8 Å². The van der Waals surface area contributed by atoms with Gasteiger partial charge in [-0.15, -0.1) is 0 Å². The lowest BCUT2D eigenvalue weighted by Gasteiger charge is -2.39. The van der Waals surface area contributed by atoms with E-state index in [9.17, 15) is 4.79 Å². The summed E-state index contributed by atoms with van der Waals surface area (Å²) < 4.78 is 0. The minimum atomic E-state index is 0.147. The van der Waals surface area contributed by atoms with Gasteiger partial charge in [-0.05, 0) is 51.0 Å². The first-order valence-corrected chi connectivity index (χ1v) is 8.17. The molecule has 1 heterocycles. The van der Waals surface area contributed by atoms with Gasteiger partial charge >= 0.3 is 0 Å². The lowest BCUT2D eigenvalue weighted by atomic mass is 9.91. The molecule has 1 aliphatic rings. The van der Waals surface area contributed by atoms with Crippen LogP contribution in [0.4, 0.5) is 0 Å². The smallest absolute Gasteiger partial charge is 0.234 e. The Morgan fingerprint density at radius 1 is 1.35 bits per heavy atom. The Hall–Kier alpha value is -0.610. The molecule has 1 amide bonds. The second kappa shape index (κ2) is 8.63. The zero-order valence-corrected chi connectivity index (χ0v) is 13.7. The highest BCUT2D eigenvalue weighted by Crippen LogP contribution is 2.22. The molecule has 0 aliphatic carbocycles. The summed E-state index contributed by atoms with van der Waals surface area (Å²) in [5.74, 6) is 1.44. The molecule has 0 aromatic rings. The first-order chi connectivity index (χ1) is 9.43. The molecule has 20 heavy (non-hydrogen) atoms. The Bertz CT molecular complexity index is 293. The number of carbonyl (C=O) groups is 1. The third-order valence-corrected chi connectivity index (χ3v) is 4.40. The van der Waals surface area contributed by atoms with Gasteiger partial charge in [-0.25, -0.2) is 0 Å². The molecule has 1 saturated heterocycles. The number of rotatable bonds is 7. The third-order valence-electron chi connectivity index (χ3n) is 4.40. The highest BCUT2D eigenvalue weighted by atomic mass is 16.2. The van der Waals surface area contributed by atoms with Gasteiger partial charge in [-0.3, -0.25) is 9.69 Å². The monoisotopic (exact) mass is 283 g/mol. The number of nitrogens with zero attached hydrogens (tertiary/aromatic N) is 1. The molecular formula is C16H33N3O. The topological polar surface area (TPSA) is 58.4 Å². The zero-order valence-electron chi connectivity index (χ0n) is 13.7. The number of nitrogens with two attached hydrogens (primary N) is 1. The van der Waals surface area contributed by atoms with Crippen LogP contribution in [0.2, 0.25) is 0 Å². The maximum absolute atomic E-state index is 12.1. The van der Waals surface area contributed by atoms with E-state index in [0.717, 1.165) is 19.4 Å². The van der Waals surface area contributed by atoms with Crippen LogP contribution >= 0.6 is 0 Å². The lowest BCUT2D eigenvalue weighted by Crippen LogP contribution is -2.52. The molecular weight excluding hydrogens is 250 g/mol. The molecule has 3 N–H and O–H groups in total. The fraction of sp³-hybridized carbons (Fsp3) is 0.938. The largest absolute Gasteiger partial charge is 0.353 e. The van der Waals surface area contributed by atoms with Gasteiger partial charge < -0.3 is 11.1 Å². The van der Waals surface area contributed by atoms with Crippen LogP contribution in [0.25, 0.3) is 0 Å². The van der Waals surface area contributed by atoms with Crippen LogP contribution in [0.1, 0.15) is 53.4 Å². The van der Waals surface area contributed by atoms with Crippen LogP contribution in [-0.4, -0.2) is 42.5 Å². The average Bonchev–Trinajstić information content (AvgIpc) is 2.36. The lowest BCUT2D eigenvalue weighted by molar-refractivity contribution is -0.124. The van der Waals surface area contributed by atoms with Crippen molar-refractivity contribution in [2.75, 3.05) is 19.6 Å². The SMILES string of the molecule is CC(C)CCC(C)NC(=O)CN1CCCC(C)C1CN. The Morgan fingerprint density at radius 2 is 2.05 bits per heavy atom. The number of hydrogen-bond donors (Lipinski definition) is 2. The summed E-state index contributed by atoms with van der Waals surface area (Å²) in [6, 6.07) is 0.629. The first-order valence-electron chi connectivity index (χ1n) is 8.17. The first kappa shape index (κ1) is 17.4. The van der Waals surface area contributed by atoms with Gasteiger partial charge in [0.25, 0.3) is 0 Å². The second-order valence-electron chi connectivity index (χ2n) is 6.83. The standard InChI is InChI=1S/C16H33N3O/c1-12(2)7-8-14(4)18-16(20)11-19-9-5-6-13(3)15(19)10-17/h12-15H,5-11,17H2,1-4H3,(H,18,20). The van der Waals surface area contributed by atoms with Crippen molar-refractivity contribution >= 4 is 5.91 Å². The normalized spacial score (nSPS) is 25.7. The highest BCUT2D eigenvalue weighted by molar-refractivity contribution is 5.78. The number of hydrogen-bond acceptors (Lipinski definition) is 3. The molecule has 0 radical (unpaired) electrons. The fourth-order valence-corrected chi connectivity index (χ4v) is 3.07. The van der Waals surface area contributed by atoms with E-state index in [4.69, 9.17) is 5.73 Å². The molecule has 3 unspecified atom stereocenters. The van der Waals surface area contributed by atoms with Crippen molar-refractivity contribution in [3.05, 3.63) is 0 Å². The van der Waals surface area contributed by atoms with Crippen molar-refractivity contribution in [2.45, 2.75) is 65.5 Å². The van der Waals surface area contributed by atoms with Gasteiger partial charge in [0.2, 0.25) is 5.91 Å². The minimum Gasteiger partial charge on any atom is -0.353 e. The molecule has 0 saturated carbocycles. The van der Waals surface area contributed by atoms with E-state index in [1.807, 2.05) is 0 Å². The summed E-state index contributed by atoms with van der Waals surface area (Å²) in [5, 5.41) is 3.12. The molecule has 0 bridgehead atoms.